The zero-order valence-corrected chi connectivity index (χ0v) is 17.6. The van der Waals surface area contributed by atoms with Crippen LogP contribution in [0.1, 0.15) is 72.4 Å². The van der Waals surface area contributed by atoms with Crippen molar-refractivity contribution in [2.45, 2.75) is 57.2 Å². The lowest BCUT2D eigenvalue weighted by Crippen LogP contribution is -2.40. The van der Waals surface area contributed by atoms with Crippen LogP contribution in [-0.2, 0) is 0 Å². The minimum absolute atomic E-state index is 0.0176. The Labute approximate surface area is 184 Å². The molecule has 7 nitrogen and oxygen atoms in total. The molecule has 0 bridgehead atoms. The number of anilines is 1. The van der Waals surface area contributed by atoms with Crippen LogP contribution in [0.3, 0.4) is 0 Å². The molecule has 3 aromatic rings. The predicted octanol–water partition coefficient (Wildman–Crippen LogP) is 4.31. The second-order valence-electron chi connectivity index (χ2n) is 8.38. The second kappa shape index (κ2) is 8.29. The Hall–Kier alpha value is -3.36. The van der Waals surface area contributed by atoms with Crippen molar-refractivity contribution in [2.75, 3.05) is 5.32 Å². The van der Waals surface area contributed by atoms with E-state index in [4.69, 9.17) is 0 Å². The van der Waals surface area contributed by atoms with Gasteiger partial charge in [-0.15, -0.1) is 0 Å². The molecule has 0 radical (unpaired) electrons. The van der Waals surface area contributed by atoms with E-state index in [1.807, 2.05) is 19.1 Å². The molecule has 166 valence electrons. The molecule has 1 saturated carbocycles. The minimum Gasteiger partial charge on any atom is -0.368 e. The standard InChI is InChI=1S/C23H24F2N6O/c1-13-21-17(11-27-13)16(9-10-26-21)23(32)29-15-7-5-14(6-8-15)28-19-3-2-4-20-30-18(22(24)25)12-31(19)20/h2-4,9-15,22,28H,5-8H2,1H3,(H,29,32). The highest BCUT2D eigenvalue weighted by molar-refractivity contribution is 6.04. The molecule has 9 heteroatoms. The zero-order chi connectivity index (χ0) is 22.2. The van der Waals surface area contributed by atoms with Crippen LogP contribution in [-0.4, -0.2) is 38.6 Å². The van der Waals surface area contributed by atoms with Crippen LogP contribution in [0, 0.1) is 0 Å². The third-order valence-corrected chi connectivity index (χ3v) is 6.24. The third-order valence-electron chi connectivity index (χ3n) is 6.24. The van der Waals surface area contributed by atoms with Gasteiger partial charge < -0.3 is 10.6 Å². The first-order valence-corrected chi connectivity index (χ1v) is 10.8. The Bertz CT molecular complexity index is 1180. The molecule has 3 aromatic heterocycles. The van der Waals surface area contributed by atoms with Gasteiger partial charge in [-0.3, -0.25) is 19.2 Å². The fourth-order valence-corrected chi connectivity index (χ4v) is 4.52. The van der Waals surface area contributed by atoms with Crippen molar-refractivity contribution in [1.29, 1.82) is 0 Å². The molecule has 1 atom stereocenters. The number of hydrogen-bond acceptors (Lipinski definition) is 5. The lowest BCUT2D eigenvalue weighted by molar-refractivity contribution is 0.0926. The molecule has 2 N–H and O–H groups in total. The number of alkyl halides is 2. The highest BCUT2D eigenvalue weighted by Gasteiger charge is 2.26. The molecule has 0 spiro atoms. The van der Waals surface area contributed by atoms with Gasteiger partial charge in [-0.2, -0.15) is 0 Å². The third kappa shape index (κ3) is 3.83. The van der Waals surface area contributed by atoms with E-state index in [1.165, 1.54) is 6.20 Å². The number of carbonyl (C=O) groups is 1. The van der Waals surface area contributed by atoms with Gasteiger partial charge in [0.2, 0.25) is 0 Å². The van der Waals surface area contributed by atoms with Gasteiger partial charge in [0, 0.05) is 36.3 Å². The van der Waals surface area contributed by atoms with Gasteiger partial charge in [-0.25, -0.2) is 13.8 Å². The molecule has 5 rings (SSSR count). The molecular weight excluding hydrogens is 414 g/mol. The summed E-state index contributed by atoms with van der Waals surface area (Å²) in [5, 5.41) is 6.62. The maximum absolute atomic E-state index is 13.0. The monoisotopic (exact) mass is 438 g/mol. The van der Waals surface area contributed by atoms with Crippen molar-refractivity contribution < 1.29 is 13.6 Å². The van der Waals surface area contributed by atoms with Crippen LogP contribution in [0.15, 0.2) is 41.7 Å². The Morgan fingerprint density at radius 3 is 2.72 bits per heavy atom. The summed E-state index contributed by atoms with van der Waals surface area (Å²) in [6, 6.07) is 7.40. The van der Waals surface area contributed by atoms with E-state index < -0.39 is 6.43 Å². The summed E-state index contributed by atoms with van der Waals surface area (Å²) in [7, 11) is 0. The minimum atomic E-state index is -2.60. The number of fused-ring (bicyclic) bond motifs is 2. The van der Waals surface area contributed by atoms with Crippen LogP contribution >= 0.6 is 0 Å². The molecule has 0 aromatic carbocycles. The summed E-state index contributed by atoms with van der Waals surface area (Å²) >= 11 is 0. The number of amides is 1. The highest BCUT2D eigenvalue weighted by atomic mass is 19.3. The Morgan fingerprint density at radius 1 is 1.16 bits per heavy atom. The summed E-state index contributed by atoms with van der Waals surface area (Å²) in [5.74, 6) is 0.651. The maximum atomic E-state index is 13.0. The number of aromatic nitrogens is 3. The maximum Gasteiger partial charge on any atom is 0.281 e. The van der Waals surface area contributed by atoms with Gasteiger partial charge in [0.15, 0.2) is 0 Å². The van der Waals surface area contributed by atoms with Crippen molar-refractivity contribution in [3.8, 4) is 0 Å². The number of nitrogens with zero attached hydrogens (tertiary/aromatic N) is 4. The number of hydrogen-bond donors (Lipinski definition) is 2. The van der Waals surface area contributed by atoms with Crippen molar-refractivity contribution in [3.63, 3.8) is 0 Å². The van der Waals surface area contributed by atoms with Crippen molar-refractivity contribution in [1.82, 2.24) is 19.7 Å². The second-order valence-corrected chi connectivity index (χ2v) is 8.38. The van der Waals surface area contributed by atoms with Gasteiger partial charge in [-0.05, 0) is 50.8 Å². The van der Waals surface area contributed by atoms with Crippen LogP contribution in [0.4, 0.5) is 14.6 Å². The number of nitrogens with one attached hydrogen (secondary N) is 2. The van der Waals surface area contributed by atoms with E-state index in [0.717, 1.165) is 42.8 Å². The zero-order valence-electron chi connectivity index (χ0n) is 17.6. The largest absolute Gasteiger partial charge is 0.368 e. The van der Waals surface area contributed by atoms with Crippen LogP contribution in [0.25, 0.3) is 5.65 Å². The Kier molecular flexibility index (Phi) is 5.32. The molecule has 1 aliphatic carbocycles. The average molecular weight is 438 g/mol. The van der Waals surface area contributed by atoms with Gasteiger partial charge in [-0.1, -0.05) is 6.07 Å². The molecule has 1 amide bonds. The van der Waals surface area contributed by atoms with E-state index >= 15 is 0 Å². The van der Waals surface area contributed by atoms with Crippen LogP contribution < -0.4 is 10.6 Å². The van der Waals surface area contributed by atoms with Gasteiger partial charge >= 0.3 is 0 Å². The molecular formula is C23H24F2N6O. The molecule has 32 heavy (non-hydrogen) atoms. The number of rotatable bonds is 5. The number of pyridine rings is 2. The van der Waals surface area contributed by atoms with Crippen molar-refractivity contribution in [3.05, 3.63) is 59.2 Å². The molecule has 1 unspecified atom stereocenters. The summed E-state index contributed by atoms with van der Waals surface area (Å²) in [5.41, 5.74) is 2.53. The van der Waals surface area contributed by atoms with Gasteiger partial charge in [0.1, 0.15) is 17.2 Å². The Balaban J connectivity index is 1.21. The fourth-order valence-electron chi connectivity index (χ4n) is 4.52. The molecule has 1 fully saturated rings. The fraction of sp³-hybridized carbons (Fsp3) is 0.391. The average Bonchev–Trinajstić information content (AvgIpc) is 3.40. The van der Waals surface area contributed by atoms with Crippen LogP contribution in [0.5, 0.6) is 0 Å². The van der Waals surface area contributed by atoms with Crippen molar-refractivity contribution in [2.24, 2.45) is 4.99 Å². The van der Waals surface area contributed by atoms with E-state index in [2.05, 4.69) is 25.6 Å². The first-order chi connectivity index (χ1) is 15.5. The number of imidazole rings is 1. The molecule has 2 aliphatic rings. The van der Waals surface area contributed by atoms with Gasteiger partial charge in [0.05, 0.1) is 17.3 Å². The first-order valence-electron chi connectivity index (χ1n) is 10.8. The number of aliphatic imine (C=N–C) groups is 1. The van der Waals surface area contributed by atoms with Crippen LogP contribution in [0.2, 0.25) is 0 Å². The lowest BCUT2D eigenvalue weighted by atomic mass is 9.90. The van der Waals surface area contributed by atoms with E-state index in [0.29, 0.717) is 11.2 Å². The summed E-state index contributed by atoms with van der Waals surface area (Å²) in [4.78, 5) is 25.6. The smallest absolute Gasteiger partial charge is 0.281 e. The summed E-state index contributed by atoms with van der Waals surface area (Å²) in [6.45, 7) is 1.96. The Morgan fingerprint density at radius 2 is 1.94 bits per heavy atom. The van der Waals surface area contributed by atoms with Crippen molar-refractivity contribution >= 4 is 23.6 Å². The number of carbonyl (C=O) groups excluding carboxylic acids is 1. The van der Waals surface area contributed by atoms with E-state index in [-0.39, 0.29) is 29.7 Å². The van der Waals surface area contributed by atoms with Gasteiger partial charge in [0.25, 0.3) is 12.3 Å². The normalized spacial score (nSPS) is 22.3. The lowest BCUT2D eigenvalue weighted by Gasteiger charge is -2.30. The quantitative estimate of drug-likeness (QED) is 0.622. The molecule has 0 saturated heterocycles. The van der Waals surface area contributed by atoms with E-state index in [1.54, 1.807) is 28.9 Å². The highest BCUT2D eigenvalue weighted by Crippen LogP contribution is 2.28. The first kappa shape index (κ1) is 20.5. The predicted molar refractivity (Wildman–Crippen MR) is 118 cm³/mol. The topological polar surface area (TPSA) is 83.7 Å². The molecule has 4 heterocycles. The van der Waals surface area contributed by atoms with E-state index in [9.17, 15) is 13.6 Å². The summed E-state index contributed by atoms with van der Waals surface area (Å²) < 4.78 is 27.7. The SMILES string of the molecule is CC1N=Cc2c(C(=O)NC3CCC(Nc4cccc5nc(C(F)F)cn45)CC3)ccnc21. The summed E-state index contributed by atoms with van der Waals surface area (Å²) in [6.07, 6.45) is 5.58. The number of halogens is 2. The molecule has 1 aliphatic heterocycles.